The third kappa shape index (κ3) is 4.54. The summed E-state index contributed by atoms with van der Waals surface area (Å²) in [5.41, 5.74) is 6.87. The highest BCUT2D eigenvalue weighted by Gasteiger charge is 2.06. The molecule has 0 aromatic heterocycles. The Morgan fingerprint density at radius 2 is 2.10 bits per heavy atom. The number of nitrogens with one attached hydrogen (secondary N) is 1. The summed E-state index contributed by atoms with van der Waals surface area (Å²) in [5, 5.41) is 2.56. The van der Waals surface area contributed by atoms with Crippen molar-refractivity contribution in [2.45, 2.75) is 6.54 Å². The molecule has 0 fully saturated rings. The molecule has 0 heterocycles. The number of carbonyl (C=O) groups is 1. The molecule has 0 spiro atoms. The first kappa shape index (κ1) is 15.5. The van der Waals surface area contributed by atoms with Crippen LogP contribution < -0.4 is 15.8 Å². The summed E-state index contributed by atoms with van der Waals surface area (Å²) in [7, 11) is 0. The van der Waals surface area contributed by atoms with E-state index in [0.29, 0.717) is 18.0 Å². The monoisotopic (exact) mass is 352 g/mol. The maximum Gasteiger partial charge on any atom is 0.262 e. The SMILES string of the molecule is NCc1cc(OCC(=O)Nc2cccc(F)c2)ccc1Br. The van der Waals surface area contributed by atoms with Gasteiger partial charge < -0.3 is 15.8 Å². The molecule has 4 nitrogen and oxygen atoms in total. The molecule has 0 aliphatic carbocycles. The zero-order chi connectivity index (χ0) is 15.2. The highest BCUT2D eigenvalue weighted by atomic mass is 79.9. The average Bonchev–Trinajstić information content (AvgIpc) is 2.46. The molecule has 0 saturated heterocycles. The summed E-state index contributed by atoms with van der Waals surface area (Å²) in [5.74, 6) is -0.222. The number of carbonyl (C=O) groups excluding carboxylic acids is 1. The maximum atomic E-state index is 13.0. The fourth-order valence-corrected chi connectivity index (χ4v) is 2.12. The zero-order valence-corrected chi connectivity index (χ0v) is 12.7. The van der Waals surface area contributed by atoms with Crippen molar-refractivity contribution in [1.82, 2.24) is 0 Å². The third-order valence-corrected chi connectivity index (χ3v) is 3.49. The van der Waals surface area contributed by atoms with Crippen LogP contribution in [0.15, 0.2) is 46.9 Å². The summed E-state index contributed by atoms with van der Waals surface area (Å²) in [6.07, 6.45) is 0. The van der Waals surface area contributed by atoms with Crippen molar-refractivity contribution in [1.29, 1.82) is 0 Å². The molecular formula is C15H14BrFN2O2. The van der Waals surface area contributed by atoms with Crippen molar-refractivity contribution in [2.24, 2.45) is 5.73 Å². The molecule has 0 aliphatic heterocycles. The minimum absolute atomic E-state index is 0.165. The Hall–Kier alpha value is -1.92. The van der Waals surface area contributed by atoms with Crippen LogP contribution in [0.2, 0.25) is 0 Å². The van der Waals surface area contributed by atoms with Gasteiger partial charge in [-0.25, -0.2) is 4.39 Å². The van der Waals surface area contributed by atoms with Gasteiger partial charge >= 0.3 is 0 Å². The lowest BCUT2D eigenvalue weighted by atomic mass is 10.2. The molecule has 0 aliphatic rings. The number of ether oxygens (including phenoxy) is 1. The van der Waals surface area contributed by atoms with Crippen LogP contribution in [-0.2, 0) is 11.3 Å². The van der Waals surface area contributed by atoms with Crippen LogP contribution in [0.3, 0.4) is 0 Å². The molecule has 2 aromatic carbocycles. The van der Waals surface area contributed by atoms with E-state index in [-0.39, 0.29) is 12.5 Å². The first-order valence-electron chi connectivity index (χ1n) is 6.25. The van der Waals surface area contributed by atoms with Crippen molar-refractivity contribution in [3.05, 3.63) is 58.3 Å². The fraction of sp³-hybridized carbons (Fsp3) is 0.133. The van der Waals surface area contributed by atoms with Crippen molar-refractivity contribution in [2.75, 3.05) is 11.9 Å². The molecule has 1 amide bonds. The largest absolute Gasteiger partial charge is 0.484 e. The molecular weight excluding hydrogens is 339 g/mol. The summed E-state index contributed by atoms with van der Waals surface area (Å²) in [6, 6.07) is 11.0. The number of hydrogen-bond acceptors (Lipinski definition) is 3. The molecule has 0 bridgehead atoms. The van der Waals surface area contributed by atoms with Crippen LogP contribution in [0.1, 0.15) is 5.56 Å². The number of benzene rings is 2. The van der Waals surface area contributed by atoms with E-state index < -0.39 is 5.82 Å². The average molecular weight is 353 g/mol. The van der Waals surface area contributed by atoms with E-state index in [9.17, 15) is 9.18 Å². The zero-order valence-electron chi connectivity index (χ0n) is 11.1. The second kappa shape index (κ2) is 7.19. The molecule has 110 valence electrons. The highest BCUT2D eigenvalue weighted by Crippen LogP contribution is 2.22. The Morgan fingerprint density at radius 1 is 1.29 bits per heavy atom. The van der Waals surface area contributed by atoms with Gasteiger partial charge in [0.05, 0.1) is 0 Å². The van der Waals surface area contributed by atoms with Crippen molar-refractivity contribution in [3.8, 4) is 5.75 Å². The molecule has 0 saturated carbocycles. The van der Waals surface area contributed by atoms with Crippen LogP contribution in [0.4, 0.5) is 10.1 Å². The predicted octanol–water partition coefficient (Wildman–Crippen LogP) is 3.06. The minimum Gasteiger partial charge on any atom is -0.484 e. The second-order valence-electron chi connectivity index (χ2n) is 4.30. The van der Waals surface area contributed by atoms with Gasteiger partial charge in [0, 0.05) is 16.7 Å². The standard InChI is InChI=1S/C15H14BrFN2O2/c16-14-5-4-13(6-10(14)8-18)21-9-15(20)19-12-3-1-2-11(17)7-12/h1-7H,8-9,18H2,(H,19,20). The lowest BCUT2D eigenvalue weighted by Crippen LogP contribution is -2.20. The number of anilines is 1. The number of rotatable bonds is 5. The van der Waals surface area contributed by atoms with Crippen molar-refractivity contribution >= 4 is 27.5 Å². The van der Waals surface area contributed by atoms with Gasteiger partial charge in [0.1, 0.15) is 11.6 Å². The normalized spacial score (nSPS) is 10.2. The summed E-state index contributed by atoms with van der Waals surface area (Å²) in [6.45, 7) is 0.204. The van der Waals surface area contributed by atoms with Gasteiger partial charge in [-0.15, -0.1) is 0 Å². The van der Waals surface area contributed by atoms with Crippen LogP contribution >= 0.6 is 15.9 Å². The molecule has 6 heteroatoms. The van der Waals surface area contributed by atoms with E-state index in [1.807, 2.05) is 6.07 Å². The Bertz CT molecular complexity index is 649. The summed E-state index contributed by atoms with van der Waals surface area (Å²) >= 11 is 3.37. The summed E-state index contributed by atoms with van der Waals surface area (Å²) < 4.78 is 19.3. The Morgan fingerprint density at radius 3 is 2.81 bits per heavy atom. The lowest BCUT2D eigenvalue weighted by molar-refractivity contribution is -0.118. The fourth-order valence-electron chi connectivity index (χ4n) is 1.71. The van der Waals surface area contributed by atoms with Gasteiger partial charge in [-0.3, -0.25) is 4.79 Å². The number of halogens is 2. The third-order valence-electron chi connectivity index (χ3n) is 2.72. The number of hydrogen-bond donors (Lipinski definition) is 2. The van der Waals surface area contributed by atoms with Gasteiger partial charge in [-0.2, -0.15) is 0 Å². The quantitative estimate of drug-likeness (QED) is 0.868. The molecule has 0 atom stereocenters. The van der Waals surface area contributed by atoms with Crippen LogP contribution in [0.25, 0.3) is 0 Å². The van der Waals surface area contributed by atoms with Crippen LogP contribution in [-0.4, -0.2) is 12.5 Å². The van der Waals surface area contributed by atoms with Crippen LogP contribution in [0.5, 0.6) is 5.75 Å². The van der Waals surface area contributed by atoms with Crippen molar-refractivity contribution < 1.29 is 13.9 Å². The maximum absolute atomic E-state index is 13.0. The second-order valence-corrected chi connectivity index (χ2v) is 5.16. The first-order chi connectivity index (χ1) is 10.1. The van der Waals surface area contributed by atoms with Gasteiger partial charge in [-0.05, 0) is 42.0 Å². The predicted molar refractivity (Wildman–Crippen MR) is 82.6 cm³/mol. The van der Waals surface area contributed by atoms with Gasteiger partial charge in [0.2, 0.25) is 0 Å². The number of nitrogens with two attached hydrogens (primary N) is 1. The topological polar surface area (TPSA) is 64.3 Å². The molecule has 21 heavy (non-hydrogen) atoms. The van der Waals surface area contributed by atoms with E-state index in [1.165, 1.54) is 18.2 Å². The minimum atomic E-state index is -0.408. The van der Waals surface area contributed by atoms with E-state index in [4.69, 9.17) is 10.5 Å². The highest BCUT2D eigenvalue weighted by molar-refractivity contribution is 9.10. The Labute approximate surface area is 130 Å². The Kier molecular flexibility index (Phi) is 5.30. The molecule has 0 unspecified atom stereocenters. The van der Waals surface area contributed by atoms with E-state index in [1.54, 1.807) is 18.2 Å². The van der Waals surface area contributed by atoms with Crippen molar-refractivity contribution in [3.63, 3.8) is 0 Å². The van der Waals surface area contributed by atoms with E-state index in [2.05, 4.69) is 21.2 Å². The first-order valence-corrected chi connectivity index (χ1v) is 7.04. The summed E-state index contributed by atoms with van der Waals surface area (Å²) in [4.78, 5) is 11.7. The van der Waals surface area contributed by atoms with E-state index >= 15 is 0 Å². The van der Waals surface area contributed by atoms with Gasteiger partial charge in [0.25, 0.3) is 5.91 Å². The number of amides is 1. The smallest absolute Gasteiger partial charge is 0.262 e. The van der Waals surface area contributed by atoms with Crippen LogP contribution in [0, 0.1) is 5.82 Å². The molecule has 3 N–H and O–H groups in total. The van der Waals surface area contributed by atoms with E-state index in [0.717, 1.165) is 10.0 Å². The molecule has 2 aromatic rings. The molecule has 0 radical (unpaired) electrons. The van der Waals surface area contributed by atoms with Gasteiger partial charge in [-0.1, -0.05) is 22.0 Å². The lowest BCUT2D eigenvalue weighted by Gasteiger charge is -2.09. The Balaban J connectivity index is 1.92. The van der Waals surface area contributed by atoms with Gasteiger partial charge in [0.15, 0.2) is 6.61 Å². The molecule has 2 rings (SSSR count).